The second-order valence-electron chi connectivity index (χ2n) is 5.08. The molecule has 0 aliphatic rings. The van der Waals surface area contributed by atoms with Crippen molar-refractivity contribution in [2.24, 2.45) is 0 Å². The van der Waals surface area contributed by atoms with Crippen LogP contribution in [0.15, 0.2) is 18.2 Å². The second-order valence-corrected chi connectivity index (χ2v) is 5.08. The van der Waals surface area contributed by atoms with Gasteiger partial charge in [0, 0.05) is 6.07 Å². The molecule has 0 saturated heterocycles. The van der Waals surface area contributed by atoms with E-state index >= 15 is 0 Å². The van der Waals surface area contributed by atoms with Crippen molar-refractivity contribution in [3.05, 3.63) is 33.9 Å². The SMILES string of the molecule is COC(=O)c1c(NC(=O)OC(C)(C)C)cccc1[N+](=O)[O-]. The Bertz CT molecular complexity index is 577. The van der Waals surface area contributed by atoms with Gasteiger partial charge in [-0.15, -0.1) is 0 Å². The van der Waals surface area contributed by atoms with Crippen LogP contribution in [0.4, 0.5) is 16.2 Å². The molecular weight excluding hydrogens is 280 g/mol. The molecule has 0 aliphatic carbocycles. The van der Waals surface area contributed by atoms with E-state index in [1.54, 1.807) is 20.8 Å². The van der Waals surface area contributed by atoms with Gasteiger partial charge in [0.1, 0.15) is 5.60 Å². The molecule has 8 nitrogen and oxygen atoms in total. The van der Waals surface area contributed by atoms with E-state index in [1.807, 2.05) is 0 Å². The molecule has 0 aliphatic heterocycles. The lowest BCUT2D eigenvalue weighted by molar-refractivity contribution is -0.385. The van der Waals surface area contributed by atoms with Gasteiger partial charge in [-0.3, -0.25) is 15.4 Å². The summed E-state index contributed by atoms with van der Waals surface area (Å²) in [6.07, 6.45) is -0.826. The van der Waals surface area contributed by atoms with Crippen LogP contribution in [0.25, 0.3) is 0 Å². The molecule has 1 amide bonds. The molecule has 1 N–H and O–H groups in total. The zero-order valence-electron chi connectivity index (χ0n) is 12.1. The molecule has 0 bridgehead atoms. The van der Waals surface area contributed by atoms with Gasteiger partial charge >= 0.3 is 12.1 Å². The monoisotopic (exact) mass is 296 g/mol. The number of carbonyl (C=O) groups is 2. The number of rotatable bonds is 3. The molecule has 0 atom stereocenters. The molecule has 114 valence electrons. The van der Waals surface area contributed by atoms with E-state index in [2.05, 4.69) is 10.1 Å². The number of methoxy groups -OCH3 is 1. The maximum Gasteiger partial charge on any atom is 0.412 e. The number of nitro benzene ring substituents is 1. The van der Waals surface area contributed by atoms with Crippen molar-refractivity contribution in [1.82, 2.24) is 0 Å². The van der Waals surface area contributed by atoms with E-state index in [9.17, 15) is 19.7 Å². The van der Waals surface area contributed by atoms with Gasteiger partial charge in [-0.2, -0.15) is 0 Å². The van der Waals surface area contributed by atoms with Crippen LogP contribution in [-0.4, -0.2) is 29.7 Å². The third-order valence-electron chi connectivity index (χ3n) is 2.26. The summed E-state index contributed by atoms with van der Waals surface area (Å²) in [7, 11) is 1.09. The van der Waals surface area contributed by atoms with E-state index < -0.39 is 28.3 Å². The molecule has 8 heteroatoms. The Balaban J connectivity index is 3.18. The number of anilines is 1. The minimum atomic E-state index is -0.923. The van der Waals surface area contributed by atoms with Gasteiger partial charge in [-0.1, -0.05) is 6.07 Å². The summed E-state index contributed by atoms with van der Waals surface area (Å²) in [5, 5.41) is 13.3. The number of esters is 1. The van der Waals surface area contributed by atoms with Gasteiger partial charge in [-0.25, -0.2) is 9.59 Å². The fourth-order valence-electron chi connectivity index (χ4n) is 1.53. The molecule has 0 radical (unpaired) electrons. The largest absolute Gasteiger partial charge is 0.465 e. The lowest BCUT2D eigenvalue weighted by Gasteiger charge is -2.20. The lowest BCUT2D eigenvalue weighted by atomic mass is 10.1. The summed E-state index contributed by atoms with van der Waals surface area (Å²) in [5.41, 5.74) is -1.59. The van der Waals surface area contributed by atoms with Crippen molar-refractivity contribution in [2.75, 3.05) is 12.4 Å². The molecule has 1 rings (SSSR count). The van der Waals surface area contributed by atoms with Crippen LogP contribution in [0.3, 0.4) is 0 Å². The smallest absolute Gasteiger partial charge is 0.412 e. The van der Waals surface area contributed by atoms with Crippen molar-refractivity contribution in [3.63, 3.8) is 0 Å². The molecule has 0 spiro atoms. The molecule has 0 saturated carbocycles. The number of benzene rings is 1. The highest BCUT2D eigenvalue weighted by Crippen LogP contribution is 2.27. The molecule has 0 unspecified atom stereocenters. The Morgan fingerprint density at radius 1 is 1.29 bits per heavy atom. The molecule has 21 heavy (non-hydrogen) atoms. The normalized spacial score (nSPS) is 10.7. The van der Waals surface area contributed by atoms with Crippen LogP contribution in [0.2, 0.25) is 0 Å². The van der Waals surface area contributed by atoms with Crippen LogP contribution >= 0.6 is 0 Å². The fourth-order valence-corrected chi connectivity index (χ4v) is 1.53. The lowest BCUT2D eigenvalue weighted by Crippen LogP contribution is -2.28. The minimum Gasteiger partial charge on any atom is -0.465 e. The van der Waals surface area contributed by atoms with Gasteiger partial charge in [0.05, 0.1) is 17.7 Å². The third kappa shape index (κ3) is 4.44. The van der Waals surface area contributed by atoms with E-state index in [-0.39, 0.29) is 11.3 Å². The minimum absolute atomic E-state index is 0.0506. The highest BCUT2D eigenvalue weighted by atomic mass is 16.6. The Morgan fingerprint density at radius 3 is 2.38 bits per heavy atom. The summed E-state index contributed by atoms with van der Waals surface area (Å²) in [6, 6.07) is 3.84. The molecular formula is C13H16N2O6. The first kappa shape index (κ1) is 16.4. The summed E-state index contributed by atoms with van der Waals surface area (Å²) >= 11 is 0. The van der Waals surface area contributed by atoms with Crippen LogP contribution in [-0.2, 0) is 9.47 Å². The van der Waals surface area contributed by atoms with Gasteiger partial charge in [0.2, 0.25) is 0 Å². The number of amides is 1. The third-order valence-corrected chi connectivity index (χ3v) is 2.26. The van der Waals surface area contributed by atoms with Crippen LogP contribution in [0, 0.1) is 10.1 Å². The molecule has 0 heterocycles. The van der Waals surface area contributed by atoms with E-state index in [0.29, 0.717) is 0 Å². The number of carbonyl (C=O) groups excluding carboxylic acids is 2. The zero-order chi connectivity index (χ0) is 16.2. The van der Waals surface area contributed by atoms with Crippen molar-refractivity contribution >= 4 is 23.4 Å². The highest BCUT2D eigenvalue weighted by molar-refractivity contribution is 6.03. The Kier molecular flexibility index (Phi) is 4.85. The molecule has 1 aromatic carbocycles. The fraction of sp³-hybridized carbons (Fsp3) is 0.385. The molecule has 1 aromatic rings. The summed E-state index contributed by atoms with van der Waals surface area (Å²) in [4.78, 5) is 33.7. The molecule has 0 fully saturated rings. The standard InChI is InChI=1S/C13H16N2O6/c1-13(2,3)21-12(17)14-8-6-5-7-9(15(18)19)10(8)11(16)20-4/h5-7H,1-4H3,(H,14,17). The van der Waals surface area contributed by atoms with E-state index in [4.69, 9.17) is 4.74 Å². The van der Waals surface area contributed by atoms with Crippen molar-refractivity contribution in [2.45, 2.75) is 26.4 Å². The summed E-state index contributed by atoms with van der Waals surface area (Å²) in [6.45, 7) is 5.00. The molecule has 0 aromatic heterocycles. The van der Waals surface area contributed by atoms with E-state index in [1.165, 1.54) is 12.1 Å². The Labute approximate surface area is 121 Å². The van der Waals surface area contributed by atoms with Crippen LogP contribution in [0.1, 0.15) is 31.1 Å². The predicted molar refractivity (Wildman–Crippen MR) is 74.3 cm³/mol. The Hall–Kier alpha value is -2.64. The van der Waals surface area contributed by atoms with Gasteiger partial charge in [-0.05, 0) is 26.8 Å². The predicted octanol–water partition coefficient (Wildman–Crippen LogP) is 2.73. The number of hydrogen-bond donors (Lipinski definition) is 1. The first-order valence-electron chi connectivity index (χ1n) is 6.01. The van der Waals surface area contributed by atoms with Gasteiger partial charge < -0.3 is 9.47 Å². The topological polar surface area (TPSA) is 108 Å². The van der Waals surface area contributed by atoms with Gasteiger partial charge in [0.15, 0.2) is 5.56 Å². The van der Waals surface area contributed by atoms with Crippen molar-refractivity contribution in [3.8, 4) is 0 Å². The number of ether oxygens (including phenoxy) is 2. The first-order valence-corrected chi connectivity index (χ1v) is 6.01. The van der Waals surface area contributed by atoms with Crippen LogP contribution in [0.5, 0.6) is 0 Å². The quantitative estimate of drug-likeness (QED) is 0.522. The second kappa shape index (κ2) is 6.21. The number of nitro groups is 1. The summed E-state index contributed by atoms with van der Waals surface area (Å²) in [5.74, 6) is -0.923. The Morgan fingerprint density at radius 2 is 1.90 bits per heavy atom. The maximum absolute atomic E-state index is 11.7. The zero-order valence-corrected chi connectivity index (χ0v) is 12.1. The van der Waals surface area contributed by atoms with Gasteiger partial charge in [0.25, 0.3) is 5.69 Å². The van der Waals surface area contributed by atoms with Crippen LogP contribution < -0.4 is 5.32 Å². The summed E-state index contributed by atoms with van der Waals surface area (Å²) < 4.78 is 9.55. The number of nitrogens with one attached hydrogen (secondary N) is 1. The average Bonchev–Trinajstić information content (AvgIpc) is 2.35. The van der Waals surface area contributed by atoms with E-state index in [0.717, 1.165) is 13.2 Å². The average molecular weight is 296 g/mol. The first-order chi connectivity index (χ1) is 9.65. The maximum atomic E-state index is 11.7. The van der Waals surface area contributed by atoms with Crippen molar-refractivity contribution in [1.29, 1.82) is 0 Å². The number of nitrogens with zero attached hydrogens (tertiary/aromatic N) is 1. The number of hydrogen-bond acceptors (Lipinski definition) is 6. The highest BCUT2D eigenvalue weighted by Gasteiger charge is 2.26. The van der Waals surface area contributed by atoms with Crippen molar-refractivity contribution < 1.29 is 24.0 Å².